The van der Waals surface area contributed by atoms with Gasteiger partial charge in [-0.2, -0.15) is 8.42 Å². The van der Waals surface area contributed by atoms with Crippen LogP contribution in [0.1, 0.15) is 41.8 Å². The summed E-state index contributed by atoms with van der Waals surface area (Å²) < 4.78 is 77.8. The van der Waals surface area contributed by atoms with E-state index in [9.17, 15) is 27.1 Å². The average molecular weight is 819 g/mol. The standard InChI is InChI=1S/C43H48F2N4O8S/c1-54-36-23-31(24-37(55-2)39(36)56-3)26-48-28-38(57-58(4,52)53)42(41(48)50,25-29-9-13-32(44)14-10-29)17-20-47-21-18-43(51,19-22-47)40-46-34-7-5-6-8-35(34)49(40)27-30-11-15-33(45)16-12-30/h5-16,23-24,38,51H,17-22,25-28H2,1-4H3. The van der Waals surface area contributed by atoms with E-state index in [4.69, 9.17) is 23.4 Å². The number of amides is 1. The number of carbonyl (C=O) groups is 1. The van der Waals surface area contributed by atoms with Gasteiger partial charge in [0.2, 0.25) is 11.7 Å². The van der Waals surface area contributed by atoms with Crippen LogP contribution in [0.4, 0.5) is 8.78 Å². The van der Waals surface area contributed by atoms with Crippen molar-refractivity contribution in [3.8, 4) is 17.2 Å². The van der Waals surface area contributed by atoms with Gasteiger partial charge >= 0.3 is 0 Å². The Morgan fingerprint density at radius 3 is 2.02 bits per heavy atom. The van der Waals surface area contributed by atoms with Gasteiger partial charge in [0.15, 0.2) is 11.5 Å². The number of aromatic nitrogens is 2. The molecule has 1 N–H and O–H groups in total. The fourth-order valence-corrected chi connectivity index (χ4v) is 9.10. The van der Waals surface area contributed by atoms with Crippen LogP contribution in [0.3, 0.4) is 0 Å². The second-order valence-electron chi connectivity index (χ2n) is 15.2. The Morgan fingerprint density at radius 1 is 0.828 bits per heavy atom. The third kappa shape index (κ3) is 8.53. The zero-order chi connectivity index (χ0) is 41.2. The predicted molar refractivity (Wildman–Crippen MR) is 213 cm³/mol. The summed E-state index contributed by atoms with van der Waals surface area (Å²) in [4.78, 5) is 23.5. The maximum absolute atomic E-state index is 14.9. The van der Waals surface area contributed by atoms with Crippen molar-refractivity contribution in [2.45, 2.75) is 50.5 Å². The summed E-state index contributed by atoms with van der Waals surface area (Å²) in [6, 6.07) is 23.2. The molecule has 3 heterocycles. The first kappa shape index (κ1) is 41.1. The number of aliphatic hydroxyl groups is 1. The maximum Gasteiger partial charge on any atom is 0.264 e. The smallest absolute Gasteiger partial charge is 0.264 e. The van der Waals surface area contributed by atoms with Crippen molar-refractivity contribution in [1.29, 1.82) is 0 Å². The maximum atomic E-state index is 14.9. The van der Waals surface area contributed by atoms with E-state index < -0.39 is 33.1 Å². The third-order valence-corrected chi connectivity index (χ3v) is 12.0. The number of ether oxygens (including phenoxy) is 3. The highest BCUT2D eigenvalue weighted by molar-refractivity contribution is 7.86. The minimum atomic E-state index is -4.03. The van der Waals surface area contributed by atoms with E-state index in [0.717, 1.165) is 22.9 Å². The number of likely N-dealkylation sites (tertiary alicyclic amines) is 2. The molecular formula is C43H48F2N4O8S. The molecule has 1 aromatic heterocycles. The summed E-state index contributed by atoms with van der Waals surface area (Å²) in [5, 5.41) is 12.2. The number of piperidine rings is 1. The average Bonchev–Trinajstić information content (AvgIpc) is 3.69. The summed E-state index contributed by atoms with van der Waals surface area (Å²) in [6.07, 6.45) is 0.913. The number of hydrogen-bond donors (Lipinski definition) is 1. The summed E-state index contributed by atoms with van der Waals surface area (Å²) in [6.45, 7) is 1.78. The zero-order valence-electron chi connectivity index (χ0n) is 33.0. The highest BCUT2D eigenvalue weighted by atomic mass is 32.2. The third-order valence-electron chi connectivity index (χ3n) is 11.4. The van der Waals surface area contributed by atoms with Crippen molar-refractivity contribution >= 4 is 27.1 Å². The first-order valence-corrected chi connectivity index (χ1v) is 20.9. The lowest BCUT2D eigenvalue weighted by molar-refractivity contribution is -0.139. The van der Waals surface area contributed by atoms with Crippen LogP contribution in [0.2, 0.25) is 0 Å². The SMILES string of the molecule is COc1cc(CN2CC(OS(C)(=O)=O)C(CCN3CCC(O)(c4nc5ccccc5n4Cc4ccc(F)cc4)CC3)(Cc3ccc(F)cc3)C2=O)cc(OC)c1OC. The van der Waals surface area contributed by atoms with Crippen LogP contribution in [0.15, 0.2) is 84.9 Å². The van der Waals surface area contributed by atoms with Crippen molar-refractivity contribution in [3.63, 3.8) is 0 Å². The Labute approximate surface area is 337 Å². The van der Waals surface area contributed by atoms with Crippen molar-refractivity contribution in [1.82, 2.24) is 19.4 Å². The summed E-state index contributed by atoms with van der Waals surface area (Å²) in [5.41, 5.74) is 1.16. The van der Waals surface area contributed by atoms with Crippen molar-refractivity contribution < 1.29 is 45.5 Å². The molecule has 0 bridgehead atoms. The first-order valence-electron chi connectivity index (χ1n) is 19.1. The molecule has 12 nitrogen and oxygen atoms in total. The first-order chi connectivity index (χ1) is 27.7. The second-order valence-corrected chi connectivity index (χ2v) is 16.8. The number of nitrogens with zero attached hydrogens (tertiary/aromatic N) is 4. The van der Waals surface area contributed by atoms with Crippen LogP contribution in [-0.2, 0) is 44.2 Å². The van der Waals surface area contributed by atoms with Gasteiger partial charge in [0, 0.05) is 32.7 Å². The zero-order valence-corrected chi connectivity index (χ0v) is 33.8. The molecule has 15 heteroatoms. The van der Waals surface area contributed by atoms with Crippen LogP contribution in [0.25, 0.3) is 11.0 Å². The lowest BCUT2D eigenvalue weighted by atomic mass is 9.75. The van der Waals surface area contributed by atoms with E-state index >= 15 is 0 Å². The molecule has 58 heavy (non-hydrogen) atoms. The molecule has 0 spiro atoms. The number of hydrogen-bond acceptors (Lipinski definition) is 10. The molecule has 2 aliphatic rings. The lowest BCUT2D eigenvalue weighted by Crippen LogP contribution is -2.48. The molecule has 2 saturated heterocycles. The fraction of sp³-hybridized carbons (Fsp3) is 0.395. The molecule has 2 atom stereocenters. The topological polar surface area (TPSA) is 133 Å². The summed E-state index contributed by atoms with van der Waals surface area (Å²) >= 11 is 0. The quantitative estimate of drug-likeness (QED) is 0.132. The molecule has 5 aromatic rings. The normalized spacial score (nSPS) is 19.8. The monoisotopic (exact) mass is 818 g/mol. The number of imidazole rings is 1. The Bertz CT molecular complexity index is 2340. The number of benzene rings is 4. The number of halogens is 2. The molecular weight excluding hydrogens is 771 g/mol. The number of methoxy groups -OCH3 is 3. The number of carbonyl (C=O) groups excluding carboxylic acids is 1. The van der Waals surface area contributed by atoms with Crippen LogP contribution in [-0.4, -0.2) is 98.7 Å². The predicted octanol–water partition coefficient (Wildman–Crippen LogP) is 5.68. The molecule has 2 fully saturated rings. The van der Waals surface area contributed by atoms with Gasteiger partial charge in [-0.15, -0.1) is 0 Å². The van der Waals surface area contributed by atoms with Gasteiger partial charge in [-0.1, -0.05) is 36.4 Å². The van der Waals surface area contributed by atoms with Crippen molar-refractivity contribution in [2.24, 2.45) is 5.41 Å². The van der Waals surface area contributed by atoms with Gasteiger partial charge in [0.05, 0.1) is 44.0 Å². The number of para-hydroxylation sites is 2. The Kier molecular flexibility index (Phi) is 11.8. The van der Waals surface area contributed by atoms with Gasteiger partial charge in [0.1, 0.15) is 29.2 Å². The number of fused-ring (bicyclic) bond motifs is 1. The summed E-state index contributed by atoms with van der Waals surface area (Å²) in [5.74, 6) is 0.661. The van der Waals surface area contributed by atoms with Crippen LogP contribution in [0, 0.1) is 17.0 Å². The van der Waals surface area contributed by atoms with Gasteiger partial charge in [0.25, 0.3) is 10.1 Å². The largest absolute Gasteiger partial charge is 0.493 e. The van der Waals surface area contributed by atoms with E-state index in [1.54, 1.807) is 41.3 Å². The minimum absolute atomic E-state index is 0.0201. The minimum Gasteiger partial charge on any atom is -0.493 e. The van der Waals surface area contributed by atoms with Crippen LogP contribution >= 0.6 is 0 Å². The van der Waals surface area contributed by atoms with Gasteiger partial charge < -0.3 is 33.7 Å². The van der Waals surface area contributed by atoms with Crippen LogP contribution in [0.5, 0.6) is 17.2 Å². The molecule has 2 aliphatic heterocycles. The highest BCUT2D eigenvalue weighted by Crippen LogP contribution is 2.45. The van der Waals surface area contributed by atoms with Gasteiger partial charge in [-0.3, -0.25) is 8.98 Å². The molecule has 0 radical (unpaired) electrons. The van der Waals surface area contributed by atoms with E-state index in [1.165, 1.54) is 45.6 Å². The van der Waals surface area contributed by atoms with Gasteiger partial charge in [-0.25, -0.2) is 13.8 Å². The van der Waals surface area contributed by atoms with Crippen molar-refractivity contribution in [2.75, 3.05) is 53.8 Å². The Morgan fingerprint density at radius 2 is 1.43 bits per heavy atom. The lowest BCUT2D eigenvalue weighted by Gasteiger charge is -2.40. The Hall–Kier alpha value is -5.09. The summed E-state index contributed by atoms with van der Waals surface area (Å²) in [7, 11) is 0.465. The molecule has 4 aromatic carbocycles. The van der Waals surface area contributed by atoms with Gasteiger partial charge in [-0.05, 0) is 97.4 Å². The van der Waals surface area contributed by atoms with E-state index in [1.807, 2.05) is 28.8 Å². The fourth-order valence-electron chi connectivity index (χ4n) is 8.43. The second kappa shape index (κ2) is 16.6. The Balaban J connectivity index is 1.16. The molecule has 0 aliphatic carbocycles. The molecule has 308 valence electrons. The van der Waals surface area contributed by atoms with E-state index in [0.29, 0.717) is 73.2 Å². The molecule has 1 amide bonds. The molecule has 0 saturated carbocycles. The molecule has 7 rings (SSSR count). The van der Waals surface area contributed by atoms with E-state index in [-0.39, 0.29) is 37.7 Å². The highest BCUT2D eigenvalue weighted by Gasteiger charge is 2.56. The van der Waals surface area contributed by atoms with Crippen LogP contribution < -0.4 is 14.2 Å². The van der Waals surface area contributed by atoms with Crippen molar-refractivity contribution in [3.05, 3.63) is 119 Å². The molecule has 2 unspecified atom stereocenters. The van der Waals surface area contributed by atoms with E-state index in [2.05, 4.69) is 4.90 Å². The number of rotatable bonds is 15.